The van der Waals surface area contributed by atoms with E-state index < -0.39 is 0 Å². The maximum Gasteiger partial charge on any atom is 0.224 e. The SMILES string of the molecule is COc1ccc(N(CCC(=O)N2CCc3ccccc3C2)C(C)=O)cc1Cl. The summed E-state index contributed by atoms with van der Waals surface area (Å²) in [6, 6.07) is 13.4. The highest BCUT2D eigenvalue weighted by molar-refractivity contribution is 6.32. The van der Waals surface area contributed by atoms with Crippen LogP contribution in [0.4, 0.5) is 5.69 Å². The van der Waals surface area contributed by atoms with Gasteiger partial charge in [0.2, 0.25) is 11.8 Å². The van der Waals surface area contributed by atoms with E-state index in [1.807, 2.05) is 17.0 Å². The number of methoxy groups -OCH3 is 1. The number of carbonyl (C=O) groups excluding carboxylic acids is 2. The summed E-state index contributed by atoms with van der Waals surface area (Å²) in [6.45, 7) is 3.14. The zero-order valence-electron chi connectivity index (χ0n) is 15.6. The van der Waals surface area contributed by atoms with Gasteiger partial charge in [-0.1, -0.05) is 35.9 Å². The second-order valence-corrected chi connectivity index (χ2v) is 6.98. The molecule has 1 aliphatic rings. The van der Waals surface area contributed by atoms with Gasteiger partial charge in [-0.25, -0.2) is 0 Å². The highest BCUT2D eigenvalue weighted by atomic mass is 35.5. The molecule has 5 nitrogen and oxygen atoms in total. The second-order valence-electron chi connectivity index (χ2n) is 6.57. The Labute approximate surface area is 164 Å². The Kier molecular flexibility index (Phi) is 6.01. The van der Waals surface area contributed by atoms with E-state index >= 15 is 0 Å². The van der Waals surface area contributed by atoms with Crippen molar-refractivity contribution < 1.29 is 14.3 Å². The van der Waals surface area contributed by atoms with Gasteiger partial charge in [0.1, 0.15) is 5.75 Å². The van der Waals surface area contributed by atoms with E-state index in [2.05, 4.69) is 12.1 Å². The van der Waals surface area contributed by atoms with Crippen LogP contribution in [0.1, 0.15) is 24.5 Å². The van der Waals surface area contributed by atoms with Gasteiger partial charge in [0.05, 0.1) is 12.1 Å². The van der Waals surface area contributed by atoms with Gasteiger partial charge < -0.3 is 14.5 Å². The van der Waals surface area contributed by atoms with E-state index in [0.717, 1.165) is 6.42 Å². The molecule has 6 heteroatoms. The standard InChI is InChI=1S/C21H23ClN2O3/c1-15(25)24(18-7-8-20(27-2)19(22)13-18)12-10-21(26)23-11-9-16-5-3-4-6-17(16)14-23/h3-8,13H,9-12,14H2,1-2H3. The smallest absolute Gasteiger partial charge is 0.224 e. The maximum atomic E-state index is 12.7. The third-order valence-electron chi connectivity index (χ3n) is 4.86. The molecule has 0 N–H and O–H groups in total. The van der Waals surface area contributed by atoms with Crippen LogP contribution in [0.2, 0.25) is 5.02 Å². The Morgan fingerprint density at radius 2 is 1.93 bits per heavy atom. The molecule has 1 heterocycles. The molecular formula is C21H23ClN2O3. The lowest BCUT2D eigenvalue weighted by molar-refractivity contribution is -0.131. The lowest BCUT2D eigenvalue weighted by atomic mass is 10.00. The molecule has 0 aromatic heterocycles. The molecule has 142 valence electrons. The largest absolute Gasteiger partial charge is 0.495 e. The van der Waals surface area contributed by atoms with Crippen LogP contribution in [0.3, 0.4) is 0 Å². The average Bonchev–Trinajstić information content (AvgIpc) is 2.67. The number of carbonyl (C=O) groups is 2. The molecule has 1 aliphatic heterocycles. The molecule has 0 aliphatic carbocycles. The summed E-state index contributed by atoms with van der Waals surface area (Å²) in [5.41, 5.74) is 3.16. The van der Waals surface area contributed by atoms with Gasteiger partial charge >= 0.3 is 0 Å². The van der Waals surface area contributed by atoms with E-state index in [1.165, 1.54) is 18.1 Å². The number of halogens is 1. The summed E-state index contributed by atoms with van der Waals surface area (Å²) in [5.74, 6) is 0.468. The van der Waals surface area contributed by atoms with Gasteiger partial charge in [-0.15, -0.1) is 0 Å². The molecule has 0 atom stereocenters. The fourth-order valence-electron chi connectivity index (χ4n) is 3.37. The number of ether oxygens (including phenoxy) is 1. The first-order valence-corrected chi connectivity index (χ1v) is 9.33. The minimum atomic E-state index is -0.131. The van der Waals surface area contributed by atoms with Crippen LogP contribution in [0.25, 0.3) is 0 Å². The van der Waals surface area contributed by atoms with E-state index in [9.17, 15) is 9.59 Å². The van der Waals surface area contributed by atoms with Gasteiger partial charge in [0, 0.05) is 38.7 Å². The zero-order valence-corrected chi connectivity index (χ0v) is 16.3. The Bertz CT molecular complexity index is 853. The Balaban J connectivity index is 1.65. The van der Waals surface area contributed by atoms with E-state index in [1.54, 1.807) is 30.2 Å². The zero-order chi connectivity index (χ0) is 19.4. The van der Waals surface area contributed by atoms with Gasteiger partial charge in [0.25, 0.3) is 0 Å². The van der Waals surface area contributed by atoms with Crippen molar-refractivity contribution in [2.75, 3.05) is 25.1 Å². The third kappa shape index (κ3) is 4.42. The fourth-order valence-corrected chi connectivity index (χ4v) is 3.62. The molecule has 0 saturated carbocycles. The van der Waals surface area contributed by atoms with E-state index in [-0.39, 0.29) is 18.2 Å². The van der Waals surface area contributed by atoms with Crippen LogP contribution in [0, 0.1) is 0 Å². The van der Waals surface area contributed by atoms with Crippen LogP contribution in [-0.2, 0) is 22.6 Å². The van der Waals surface area contributed by atoms with Gasteiger partial charge in [-0.2, -0.15) is 0 Å². The predicted octanol–water partition coefficient (Wildman–Crippen LogP) is 3.68. The number of hydrogen-bond acceptors (Lipinski definition) is 3. The van der Waals surface area contributed by atoms with Gasteiger partial charge in [0.15, 0.2) is 0 Å². The molecule has 3 rings (SSSR count). The molecule has 2 aromatic rings. The summed E-state index contributed by atoms with van der Waals surface area (Å²) >= 11 is 6.17. The summed E-state index contributed by atoms with van der Waals surface area (Å²) < 4.78 is 5.15. The lowest BCUT2D eigenvalue weighted by Crippen LogP contribution is -2.39. The molecule has 0 radical (unpaired) electrons. The molecular weight excluding hydrogens is 364 g/mol. The topological polar surface area (TPSA) is 49.9 Å². The molecule has 2 amide bonds. The highest BCUT2D eigenvalue weighted by Gasteiger charge is 2.22. The van der Waals surface area contributed by atoms with Crippen molar-refractivity contribution >= 4 is 29.1 Å². The number of hydrogen-bond donors (Lipinski definition) is 0. The van der Waals surface area contributed by atoms with E-state index in [0.29, 0.717) is 36.1 Å². The van der Waals surface area contributed by atoms with Crippen LogP contribution >= 0.6 is 11.6 Å². The van der Waals surface area contributed by atoms with Crippen molar-refractivity contribution in [1.82, 2.24) is 4.90 Å². The van der Waals surface area contributed by atoms with Crippen molar-refractivity contribution in [3.8, 4) is 5.75 Å². The molecule has 0 spiro atoms. The Morgan fingerprint density at radius 1 is 1.19 bits per heavy atom. The lowest BCUT2D eigenvalue weighted by Gasteiger charge is -2.30. The summed E-state index contributed by atoms with van der Waals surface area (Å²) in [4.78, 5) is 28.2. The number of fused-ring (bicyclic) bond motifs is 1. The van der Waals surface area contributed by atoms with E-state index in [4.69, 9.17) is 16.3 Å². The van der Waals surface area contributed by atoms with Crippen molar-refractivity contribution in [3.05, 3.63) is 58.6 Å². The number of amides is 2. The first-order chi connectivity index (χ1) is 13.0. The molecule has 2 aromatic carbocycles. The fraction of sp³-hybridized carbons (Fsp3) is 0.333. The quantitative estimate of drug-likeness (QED) is 0.787. The van der Waals surface area contributed by atoms with Crippen LogP contribution in [-0.4, -0.2) is 36.9 Å². The summed E-state index contributed by atoms with van der Waals surface area (Å²) in [5, 5.41) is 0.431. The Hall–Kier alpha value is -2.53. The van der Waals surface area contributed by atoms with Gasteiger partial charge in [-0.05, 0) is 35.7 Å². The number of rotatable bonds is 5. The predicted molar refractivity (Wildman–Crippen MR) is 106 cm³/mol. The molecule has 0 fully saturated rings. The number of nitrogens with zero attached hydrogens (tertiary/aromatic N) is 2. The molecule has 0 bridgehead atoms. The molecule has 27 heavy (non-hydrogen) atoms. The van der Waals surface area contributed by atoms with Crippen molar-refractivity contribution in [3.63, 3.8) is 0 Å². The summed E-state index contributed by atoms with van der Waals surface area (Å²) in [7, 11) is 1.54. The second kappa shape index (κ2) is 8.44. The van der Waals surface area contributed by atoms with Crippen LogP contribution < -0.4 is 9.64 Å². The molecule has 0 unspecified atom stereocenters. The maximum absolute atomic E-state index is 12.7. The normalized spacial score (nSPS) is 13.1. The minimum Gasteiger partial charge on any atom is -0.495 e. The van der Waals surface area contributed by atoms with Crippen LogP contribution in [0.5, 0.6) is 5.75 Å². The molecule has 0 saturated heterocycles. The van der Waals surface area contributed by atoms with Crippen molar-refractivity contribution in [2.24, 2.45) is 0 Å². The Morgan fingerprint density at radius 3 is 2.59 bits per heavy atom. The minimum absolute atomic E-state index is 0.0513. The third-order valence-corrected chi connectivity index (χ3v) is 5.16. The van der Waals surface area contributed by atoms with Crippen molar-refractivity contribution in [1.29, 1.82) is 0 Å². The highest BCUT2D eigenvalue weighted by Crippen LogP contribution is 2.29. The summed E-state index contributed by atoms with van der Waals surface area (Å²) in [6.07, 6.45) is 1.14. The first-order valence-electron chi connectivity index (χ1n) is 8.96. The van der Waals surface area contributed by atoms with Gasteiger partial charge in [-0.3, -0.25) is 9.59 Å². The number of anilines is 1. The van der Waals surface area contributed by atoms with Crippen molar-refractivity contribution in [2.45, 2.75) is 26.3 Å². The first kappa shape index (κ1) is 19.2. The monoisotopic (exact) mass is 386 g/mol. The van der Waals surface area contributed by atoms with Crippen LogP contribution in [0.15, 0.2) is 42.5 Å². The average molecular weight is 387 g/mol. The number of benzene rings is 2.